The molecule has 1 aliphatic heterocycles. The molecule has 1 aliphatic rings. The van der Waals surface area contributed by atoms with Crippen LogP contribution in [-0.2, 0) is 4.79 Å². The molecule has 2 aromatic heterocycles. The van der Waals surface area contributed by atoms with E-state index < -0.39 is 0 Å². The number of aromatic nitrogens is 4. The van der Waals surface area contributed by atoms with E-state index >= 15 is 0 Å². The van der Waals surface area contributed by atoms with Crippen molar-refractivity contribution >= 4 is 5.91 Å². The summed E-state index contributed by atoms with van der Waals surface area (Å²) in [6.45, 7) is 2.42. The maximum absolute atomic E-state index is 13.2. The summed E-state index contributed by atoms with van der Waals surface area (Å²) >= 11 is 0. The number of hydrogen-bond donors (Lipinski definition) is 1. The van der Waals surface area contributed by atoms with Gasteiger partial charge in [-0.25, -0.2) is 4.39 Å². The van der Waals surface area contributed by atoms with Gasteiger partial charge in [-0.05, 0) is 30.7 Å². The lowest BCUT2D eigenvalue weighted by atomic mass is 10.1. The Morgan fingerprint density at radius 2 is 1.94 bits per heavy atom. The molecule has 7 nitrogen and oxygen atoms in total. The molecule has 2 unspecified atom stereocenters. The smallest absolute Gasteiger partial charge is 0.275 e. The van der Waals surface area contributed by atoms with Crippen molar-refractivity contribution in [2.45, 2.75) is 25.3 Å². The predicted octanol–water partition coefficient (Wildman–Crippen LogP) is 4.34. The first-order valence-corrected chi connectivity index (χ1v) is 10.1. The summed E-state index contributed by atoms with van der Waals surface area (Å²) in [6, 6.07) is 17.7. The van der Waals surface area contributed by atoms with Gasteiger partial charge in [-0.3, -0.25) is 9.89 Å². The first-order chi connectivity index (χ1) is 15.1. The highest BCUT2D eigenvalue weighted by molar-refractivity contribution is 5.80. The van der Waals surface area contributed by atoms with Gasteiger partial charge in [-0.15, -0.1) is 0 Å². The Hall–Kier alpha value is -3.81. The van der Waals surface area contributed by atoms with Crippen molar-refractivity contribution in [1.82, 2.24) is 25.2 Å². The molecule has 2 aromatic carbocycles. The van der Waals surface area contributed by atoms with Crippen molar-refractivity contribution in [3.8, 4) is 22.8 Å². The molecule has 1 amide bonds. The number of amides is 1. The highest BCUT2D eigenvalue weighted by atomic mass is 19.1. The lowest BCUT2D eigenvalue weighted by Crippen LogP contribution is -2.28. The van der Waals surface area contributed by atoms with E-state index in [1.807, 2.05) is 43.3 Å². The number of nitrogens with zero attached hydrogens (tertiary/aromatic N) is 4. The zero-order valence-corrected chi connectivity index (χ0v) is 16.8. The Balaban J connectivity index is 1.32. The quantitative estimate of drug-likeness (QED) is 0.522. The van der Waals surface area contributed by atoms with Crippen LogP contribution in [0.25, 0.3) is 22.8 Å². The first-order valence-electron chi connectivity index (χ1n) is 10.1. The summed E-state index contributed by atoms with van der Waals surface area (Å²) in [7, 11) is 0. The van der Waals surface area contributed by atoms with E-state index in [4.69, 9.17) is 4.52 Å². The third-order valence-corrected chi connectivity index (χ3v) is 5.66. The molecule has 1 N–H and O–H groups in total. The van der Waals surface area contributed by atoms with E-state index in [0.29, 0.717) is 30.4 Å². The molecule has 0 spiro atoms. The lowest BCUT2D eigenvalue weighted by Gasteiger charge is -2.25. The summed E-state index contributed by atoms with van der Waals surface area (Å²) in [5.74, 6) is 0.385. The lowest BCUT2D eigenvalue weighted by molar-refractivity contribution is -0.129. The third-order valence-electron chi connectivity index (χ3n) is 5.66. The van der Waals surface area contributed by atoms with Crippen LogP contribution in [0, 0.1) is 5.82 Å². The number of nitrogens with one attached hydrogen (secondary N) is 1. The Morgan fingerprint density at radius 1 is 1.16 bits per heavy atom. The van der Waals surface area contributed by atoms with Crippen LogP contribution in [0.2, 0.25) is 0 Å². The van der Waals surface area contributed by atoms with E-state index in [1.165, 1.54) is 12.1 Å². The average Bonchev–Trinajstić information content (AvgIpc) is 3.53. The number of carbonyl (C=O) groups excluding carboxylic acids is 1. The minimum atomic E-state index is -0.296. The molecule has 5 rings (SSSR count). The number of rotatable bonds is 5. The van der Waals surface area contributed by atoms with Gasteiger partial charge in [0.15, 0.2) is 5.82 Å². The van der Waals surface area contributed by atoms with E-state index in [9.17, 15) is 9.18 Å². The number of aromatic amines is 1. The summed E-state index contributed by atoms with van der Waals surface area (Å²) in [5.41, 5.74) is 3.27. The van der Waals surface area contributed by atoms with Crippen molar-refractivity contribution in [3.05, 3.63) is 77.9 Å². The standard InChI is InChI=1S/C23H20FN5O2/c1-14(15-7-9-18(24)10-8-15)29-13-17(11-21(29)30)22-25-23(31-28-22)20-12-19(26-27-20)16-5-3-2-4-6-16/h2-10,12,14,17H,11,13H2,1H3,(H,26,27). The Labute approximate surface area is 177 Å². The number of hydrogen-bond acceptors (Lipinski definition) is 5. The molecular formula is C23H20FN5O2. The molecule has 2 atom stereocenters. The molecule has 0 radical (unpaired) electrons. The molecular weight excluding hydrogens is 397 g/mol. The predicted molar refractivity (Wildman–Crippen MR) is 111 cm³/mol. The molecule has 156 valence electrons. The van der Waals surface area contributed by atoms with Gasteiger partial charge >= 0.3 is 0 Å². The maximum atomic E-state index is 13.2. The number of likely N-dealkylation sites (tertiary alicyclic amines) is 1. The first kappa shape index (κ1) is 19.2. The minimum absolute atomic E-state index is 0.0149. The average molecular weight is 417 g/mol. The largest absolute Gasteiger partial charge is 0.335 e. The topological polar surface area (TPSA) is 87.9 Å². The summed E-state index contributed by atoms with van der Waals surface area (Å²) in [5, 5.41) is 11.4. The second-order valence-electron chi connectivity index (χ2n) is 7.67. The molecule has 1 saturated heterocycles. The summed E-state index contributed by atoms with van der Waals surface area (Å²) in [4.78, 5) is 18.9. The van der Waals surface area contributed by atoms with Gasteiger partial charge < -0.3 is 9.42 Å². The number of carbonyl (C=O) groups is 1. The van der Waals surface area contributed by atoms with Gasteiger partial charge in [0.1, 0.15) is 11.5 Å². The van der Waals surface area contributed by atoms with Gasteiger partial charge in [0.2, 0.25) is 5.91 Å². The third kappa shape index (κ3) is 3.72. The molecule has 31 heavy (non-hydrogen) atoms. The molecule has 8 heteroatoms. The Morgan fingerprint density at radius 3 is 2.71 bits per heavy atom. The fraction of sp³-hybridized carbons (Fsp3) is 0.217. The molecule has 1 fully saturated rings. The van der Waals surface area contributed by atoms with Crippen LogP contribution in [0.4, 0.5) is 4.39 Å². The van der Waals surface area contributed by atoms with Crippen LogP contribution < -0.4 is 0 Å². The van der Waals surface area contributed by atoms with Crippen molar-refractivity contribution < 1.29 is 13.7 Å². The van der Waals surface area contributed by atoms with Gasteiger partial charge in [0, 0.05) is 24.4 Å². The molecule has 4 aromatic rings. The SMILES string of the molecule is CC(c1ccc(F)cc1)N1CC(c2noc(-c3cc(-c4ccccc4)n[nH]3)n2)CC1=O. The van der Waals surface area contributed by atoms with Crippen molar-refractivity contribution in [2.24, 2.45) is 0 Å². The highest BCUT2D eigenvalue weighted by Crippen LogP contribution is 2.33. The molecule has 3 heterocycles. The van der Waals surface area contributed by atoms with E-state index in [0.717, 1.165) is 16.8 Å². The summed E-state index contributed by atoms with van der Waals surface area (Å²) < 4.78 is 18.7. The normalized spacial score (nSPS) is 17.3. The monoisotopic (exact) mass is 417 g/mol. The second kappa shape index (κ2) is 7.79. The number of H-pyrrole nitrogens is 1. The zero-order valence-electron chi connectivity index (χ0n) is 16.8. The van der Waals surface area contributed by atoms with E-state index in [1.54, 1.807) is 17.0 Å². The van der Waals surface area contributed by atoms with Gasteiger partial charge in [-0.2, -0.15) is 10.1 Å². The fourth-order valence-electron chi connectivity index (χ4n) is 3.90. The van der Waals surface area contributed by atoms with Crippen LogP contribution >= 0.6 is 0 Å². The second-order valence-corrected chi connectivity index (χ2v) is 7.67. The fourth-order valence-corrected chi connectivity index (χ4v) is 3.90. The van der Waals surface area contributed by atoms with Crippen LogP contribution in [-0.4, -0.2) is 37.7 Å². The van der Waals surface area contributed by atoms with Gasteiger partial charge in [0.25, 0.3) is 5.89 Å². The van der Waals surface area contributed by atoms with Crippen molar-refractivity contribution in [3.63, 3.8) is 0 Å². The number of benzene rings is 2. The highest BCUT2D eigenvalue weighted by Gasteiger charge is 2.36. The minimum Gasteiger partial charge on any atom is -0.335 e. The van der Waals surface area contributed by atoms with Crippen LogP contribution in [0.5, 0.6) is 0 Å². The maximum Gasteiger partial charge on any atom is 0.275 e. The molecule has 0 aliphatic carbocycles. The van der Waals surface area contributed by atoms with Gasteiger partial charge in [-0.1, -0.05) is 47.6 Å². The van der Waals surface area contributed by atoms with Crippen LogP contribution in [0.3, 0.4) is 0 Å². The van der Waals surface area contributed by atoms with Gasteiger partial charge in [0.05, 0.1) is 11.7 Å². The van der Waals surface area contributed by atoms with Crippen LogP contribution in [0.1, 0.15) is 36.7 Å². The van der Waals surface area contributed by atoms with E-state index in [2.05, 4.69) is 20.3 Å². The Kier molecular flexibility index (Phi) is 4.82. The zero-order chi connectivity index (χ0) is 21.4. The van der Waals surface area contributed by atoms with Crippen LogP contribution in [0.15, 0.2) is 65.2 Å². The summed E-state index contributed by atoms with van der Waals surface area (Å²) in [6.07, 6.45) is 0.308. The van der Waals surface area contributed by atoms with E-state index in [-0.39, 0.29) is 23.7 Å². The van der Waals surface area contributed by atoms with Crippen molar-refractivity contribution in [1.29, 1.82) is 0 Å². The number of halogens is 1. The molecule has 0 bridgehead atoms. The van der Waals surface area contributed by atoms with Crippen molar-refractivity contribution in [2.75, 3.05) is 6.54 Å². The Bertz CT molecular complexity index is 1200. The molecule has 0 saturated carbocycles.